The molecule has 1 amide bonds. The number of amides is 1. The average molecular weight is 482 g/mol. The Balaban J connectivity index is 0.00000288. The molecule has 1 aromatic rings. The van der Waals surface area contributed by atoms with Crippen molar-refractivity contribution < 1.29 is 4.79 Å². The molecule has 5 nitrogen and oxygen atoms in total. The molecule has 0 aromatic carbocycles. The minimum Gasteiger partial charge on any atom is -0.356 e. The number of guanidine groups is 1. The van der Waals surface area contributed by atoms with Gasteiger partial charge in [0.2, 0.25) is 5.91 Å². The van der Waals surface area contributed by atoms with E-state index >= 15 is 0 Å². The highest BCUT2D eigenvalue weighted by Crippen LogP contribution is 2.16. The summed E-state index contributed by atoms with van der Waals surface area (Å²) in [4.78, 5) is 19.1. The highest BCUT2D eigenvalue weighted by Gasteiger charge is 2.15. The molecule has 0 saturated carbocycles. The number of nitrogens with zero attached hydrogens (tertiary/aromatic N) is 2. The SMILES string of the molecule is CN(C)C(=O)CN=C(NCCc1cccs1)NC1CCCSC1.I. The highest BCUT2D eigenvalue weighted by molar-refractivity contribution is 14.0. The second kappa shape index (κ2) is 12.0. The molecule has 2 N–H and O–H groups in total. The van der Waals surface area contributed by atoms with Gasteiger partial charge < -0.3 is 15.5 Å². The summed E-state index contributed by atoms with van der Waals surface area (Å²) < 4.78 is 0. The fourth-order valence-electron chi connectivity index (χ4n) is 2.25. The third kappa shape index (κ3) is 8.06. The zero-order valence-corrected chi connectivity index (χ0v) is 18.2. The molecule has 2 rings (SSSR count). The van der Waals surface area contributed by atoms with Gasteiger partial charge in [0.15, 0.2) is 5.96 Å². The molecule has 1 atom stereocenters. The van der Waals surface area contributed by atoms with Crippen molar-refractivity contribution in [2.45, 2.75) is 25.3 Å². The van der Waals surface area contributed by atoms with E-state index in [2.05, 4.69) is 33.1 Å². The van der Waals surface area contributed by atoms with Gasteiger partial charge in [-0.1, -0.05) is 6.07 Å². The maximum atomic E-state index is 11.8. The number of hydrogen-bond acceptors (Lipinski definition) is 4. The average Bonchev–Trinajstić information content (AvgIpc) is 3.06. The zero-order valence-electron chi connectivity index (χ0n) is 14.3. The lowest BCUT2D eigenvalue weighted by Gasteiger charge is -2.25. The van der Waals surface area contributed by atoms with Crippen LogP contribution in [0.4, 0.5) is 0 Å². The zero-order chi connectivity index (χ0) is 16.5. The van der Waals surface area contributed by atoms with E-state index < -0.39 is 0 Å². The summed E-state index contributed by atoms with van der Waals surface area (Å²) in [6.07, 6.45) is 3.38. The summed E-state index contributed by atoms with van der Waals surface area (Å²) in [7, 11) is 3.51. The predicted octanol–water partition coefficient (Wildman–Crippen LogP) is 2.43. The van der Waals surface area contributed by atoms with E-state index in [9.17, 15) is 4.79 Å². The Morgan fingerprint density at radius 2 is 2.29 bits per heavy atom. The Kier molecular flexibility index (Phi) is 10.8. The molecule has 8 heteroatoms. The number of carbonyl (C=O) groups excluding carboxylic acids is 1. The van der Waals surface area contributed by atoms with Crippen molar-refractivity contribution in [3.8, 4) is 0 Å². The van der Waals surface area contributed by atoms with Crippen molar-refractivity contribution >= 4 is 58.9 Å². The Hall–Kier alpha value is -0.480. The van der Waals surface area contributed by atoms with Gasteiger partial charge in [0.1, 0.15) is 6.54 Å². The van der Waals surface area contributed by atoms with Crippen LogP contribution >= 0.6 is 47.1 Å². The monoisotopic (exact) mass is 482 g/mol. The van der Waals surface area contributed by atoms with Gasteiger partial charge in [-0.25, -0.2) is 4.99 Å². The number of halogens is 1. The van der Waals surface area contributed by atoms with E-state index in [1.807, 2.05) is 11.8 Å². The molecule has 1 fully saturated rings. The second-order valence-corrected chi connectivity index (χ2v) is 7.95. The number of carbonyl (C=O) groups is 1. The highest BCUT2D eigenvalue weighted by atomic mass is 127. The van der Waals surface area contributed by atoms with Crippen LogP contribution in [0.5, 0.6) is 0 Å². The number of thioether (sulfide) groups is 1. The number of nitrogens with one attached hydrogen (secondary N) is 2. The normalized spacial score (nSPS) is 17.8. The van der Waals surface area contributed by atoms with E-state index in [0.29, 0.717) is 6.04 Å². The van der Waals surface area contributed by atoms with Gasteiger partial charge in [-0.2, -0.15) is 11.8 Å². The first-order chi connectivity index (χ1) is 11.1. The lowest BCUT2D eigenvalue weighted by atomic mass is 10.2. The molecular formula is C16H27IN4OS2. The van der Waals surface area contributed by atoms with Crippen LogP contribution in [-0.4, -0.2) is 61.5 Å². The van der Waals surface area contributed by atoms with E-state index in [4.69, 9.17) is 0 Å². The van der Waals surface area contributed by atoms with Crippen molar-refractivity contribution in [3.05, 3.63) is 22.4 Å². The summed E-state index contributed by atoms with van der Waals surface area (Å²) in [6.45, 7) is 1.00. The number of aliphatic imine (C=N–C) groups is 1. The fraction of sp³-hybridized carbons (Fsp3) is 0.625. The van der Waals surface area contributed by atoms with Gasteiger partial charge >= 0.3 is 0 Å². The minimum absolute atomic E-state index is 0. The Morgan fingerprint density at radius 3 is 2.92 bits per heavy atom. The smallest absolute Gasteiger partial charge is 0.243 e. The molecule has 0 aliphatic carbocycles. The number of thiophene rings is 1. The molecular weight excluding hydrogens is 455 g/mol. The van der Waals surface area contributed by atoms with Gasteiger partial charge in [0.05, 0.1) is 0 Å². The Bertz CT molecular complexity index is 502. The van der Waals surface area contributed by atoms with Crippen molar-refractivity contribution in [1.82, 2.24) is 15.5 Å². The predicted molar refractivity (Wildman–Crippen MR) is 116 cm³/mol. The maximum Gasteiger partial charge on any atom is 0.243 e. The van der Waals surface area contributed by atoms with Crippen LogP contribution in [0.25, 0.3) is 0 Å². The van der Waals surface area contributed by atoms with Crippen LogP contribution in [0.1, 0.15) is 17.7 Å². The molecule has 0 bridgehead atoms. The van der Waals surface area contributed by atoms with Gasteiger partial charge in [-0.05, 0) is 36.5 Å². The molecule has 2 heterocycles. The number of hydrogen-bond donors (Lipinski definition) is 2. The van der Waals surface area contributed by atoms with Gasteiger partial charge in [0.25, 0.3) is 0 Å². The maximum absolute atomic E-state index is 11.8. The van der Waals surface area contributed by atoms with Crippen LogP contribution in [0.3, 0.4) is 0 Å². The lowest BCUT2D eigenvalue weighted by Crippen LogP contribution is -2.46. The van der Waals surface area contributed by atoms with Gasteiger partial charge in [-0.15, -0.1) is 35.3 Å². The second-order valence-electron chi connectivity index (χ2n) is 5.77. The van der Waals surface area contributed by atoms with Gasteiger partial charge in [0, 0.05) is 37.3 Å². The number of likely N-dealkylation sites (N-methyl/N-ethyl adjacent to an activating group) is 1. The summed E-state index contributed by atoms with van der Waals surface area (Å²) in [6, 6.07) is 4.66. The standard InChI is InChI=1S/C16H26N4OS2.HI/c1-20(2)15(21)11-18-16(19-13-5-3-9-22-12-13)17-8-7-14-6-4-10-23-14;/h4,6,10,13H,3,5,7-9,11-12H2,1-2H3,(H2,17,18,19);1H. The van der Waals surface area contributed by atoms with Crippen LogP contribution in [0, 0.1) is 0 Å². The molecule has 1 aliphatic heterocycles. The Labute approximate surface area is 170 Å². The topological polar surface area (TPSA) is 56.7 Å². The molecule has 1 aliphatic rings. The van der Waals surface area contributed by atoms with E-state index in [1.165, 1.54) is 23.5 Å². The van der Waals surface area contributed by atoms with Crippen LogP contribution in [0.15, 0.2) is 22.5 Å². The summed E-state index contributed by atoms with van der Waals surface area (Å²) >= 11 is 3.75. The molecule has 136 valence electrons. The molecule has 1 unspecified atom stereocenters. The lowest BCUT2D eigenvalue weighted by molar-refractivity contribution is -0.127. The molecule has 0 radical (unpaired) electrons. The third-order valence-corrected chi connectivity index (χ3v) is 5.77. The molecule has 1 aromatic heterocycles. The van der Waals surface area contributed by atoms with Crippen molar-refractivity contribution in [2.24, 2.45) is 4.99 Å². The van der Waals surface area contributed by atoms with Crippen LogP contribution < -0.4 is 10.6 Å². The van der Waals surface area contributed by atoms with Crippen molar-refractivity contribution in [2.75, 3.05) is 38.7 Å². The van der Waals surface area contributed by atoms with Crippen molar-refractivity contribution in [3.63, 3.8) is 0 Å². The molecule has 0 spiro atoms. The molecule has 1 saturated heterocycles. The van der Waals surface area contributed by atoms with Crippen LogP contribution in [-0.2, 0) is 11.2 Å². The van der Waals surface area contributed by atoms with E-state index in [0.717, 1.165) is 24.7 Å². The molecule has 24 heavy (non-hydrogen) atoms. The van der Waals surface area contributed by atoms with Crippen LogP contribution in [0.2, 0.25) is 0 Å². The largest absolute Gasteiger partial charge is 0.356 e. The van der Waals surface area contributed by atoms with E-state index in [-0.39, 0.29) is 36.4 Å². The summed E-state index contributed by atoms with van der Waals surface area (Å²) in [5, 5.41) is 8.94. The minimum atomic E-state index is 0. The summed E-state index contributed by atoms with van der Waals surface area (Å²) in [5.41, 5.74) is 0. The van der Waals surface area contributed by atoms with E-state index in [1.54, 1.807) is 30.3 Å². The fourth-order valence-corrected chi connectivity index (χ4v) is 4.03. The first-order valence-corrected chi connectivity index (χ1v) is 10.0. The number of rotatable bonds is 6. The summed E-state index contributed by atoms with van der Waals surface area (Å²) in [5.74, 6) is 3.12. The first kappa shape index (κ1) is 21.6. The quantitative estimate of drug-likeness (QED) is 0.372. The Morgan fingerprint density at radius 1 is 1.46 bits per heavy atom. The third-order valence-electron chi connectivity index (χ3n) is 3.62. The van der Waals surface area contributed by atoms with Crippen molar-refractivity contribution in [1.29, 1.82) is 0 Å². The first-order valence-electron chi connectivity index (χ1n) is 8.00. The van der Waals surface area contributed by atoms with Gasteiger partial charge in [-0.3, -0.25) is 4.79 Å².